The van der Waals surface area contributed by atoms with Gasteiger partial charge in [0, 0.05) is 32.3 Å². The summed E-state index contributed by atoms with van der Waals surface area (Å²) in [6.45, 7) is 0.746. The van der Waals surface area contributed by atoms with Crippen molar-refractivity contribution in [3.63, 3.8) is 0 Å². The van der Waals surface area contributed by atoms with E-state index < -0.39 is 21.9 Å². The van der Waals surface area contributed by atoms with E-state index in [9.17, 15) is 18.3 Å². The van der Waals surface area contributed by atoms with Crippen LogP contribution in [0.1, 0.15) is 50.1 Å². The van der Waals surface area contributed by atoms with E-state index in [4.69, 9.17) is 0 Å². The maximum absolute atomic E-state index is 13.3. The van der Waals surface area contributed by atoms with Gasteiger partial charge in [0.05, 0.1) is 11.6 Å². The van der Waals surface area contributed by atoms with Crippen LogP contribution in [0.5, 0.6) is 0 Å². The summed E-state index contributed by atoms with van der Waals surface area (Å²) in [5, 5.41) is 13.9. The number of fused-ring (bicyclic) bond motifs is 4. The number of carboxylic acid groups (broad SMARTS) is 1. The topological polar surface area (TPSA) is 92.5 Å². The fourth-order valence-electron chi connectivity index (χ4n) is 4.61. The van der Waals surface area contributed by atoms with E-state index in [1.165, 1.54) is 4.31 Å². The molecule has 0 amide bonds. The minimum Gasteiger partial charge on any atom is -0.481 e. The first kappa shape index (κ1) is 17.0. The van der Waals surface area contributed by atoms with Crippen LogP contribution in [0.25, 0.3) is 0 Å². The lowest BCUT2D eigenvalue weighted by Crippen LogP contribution is -2.36. The molecular weight excluding hydrogens is 342 g/mol. The van der Waals surface area contributed by atoms with Gasteiger partial charge in [0.25, 0.3) is 0 Å². The van der Waals surface area contributed by atoms with Gasteiger partial charge in [0.2, 0.25) is 10.0 Å². The Hall–Kier alpha value is -1.41. The second-order valence-electron chi connectivity index (χ2n) is 7.89. The van der Waals surface area contributed by atoms with Gasteiger partial charge < -0.3 is 5.11 Å². The van der Waals surface area contributed by atoms with Gasteiger partial charge in [-0.15, -0.1) is 0 Å². The van der Waals surface area contributed by atoms with Gasteiger partial charge in [-0.05, 0) is 43.9 Å². The van der Waals surface area contributed by atoms with Gasteiger partial charge in [-0.3, -0.25) is 9.48 Å². The third-order valence-corrected chi connectivity index (χ3v) is 8.10. The summed E-state index contributed by atoms with van der Waals surface area (Å²) < 4.78 is 29.8. The first-order chi connectivity index (χ1) is 11.9. The molecule has 25 heavy (non-hydrogen) atoms. The number of aromatic nitrogens is 2. The van der Waals surface area contributed by atoms with E-state index in [-0.39, 0.29) is 17.8 Å². The molecule has 3 atom stereocenters. The lowest BCUT2D eigenvalue weighted by atomic mass is 9.76. The number of hydrogen-bond acceptors (Lipinski definition) is 4. The average Bonchev–Trinajstić information content (AvgIpc) is 2.70. The third-order valence-electron chi connectivity index (χ3n) is 6.25. The van der Waals surface area contributed by atoms with Crippen LogP contribution in [0, 0.1) is 17.8 Å². The summed E-state index contributed by atoms with van der Waals surface area (Å²) >= 11 is 0. The second-order valence-corrected chi connectivity index (χ2v) is 9.79. The maximum atomic E-state index is 13.3. The SMILES string of the molecule is Cn1cc(S(=O)(=O)N2CC3CCC(C2)C(C(=O)O)C3)c(C2CCC2)n1. The van der Waals surface area contributed by atoms with Crippen molar-refractivity contribution in [2.75, 3.05) is 13.1 Å². The van der Waals surface area contributed by atoms with Crippen LogP contribution in [0.3, 0.4) is 0 Å². The summed E-state index contributed by atoms with van der Waals surface area (Å²) in [5.74, 6) is -0.917. The van der Waals surface area contributed by atoms with Crippen LogP contribution in [-0.2, 0) is 21.9 Å². The Morgan fingerprint density at radius 1 is 1.24 bits per heavy atom. The largest absolute Gasteiger partial charge is 0.481 e. The first-order valence-electron chi connectivity index (χ1n) is 9.12. The minimum absolute atomic E-state index is 0.0881. The van der Waals surface area contributed by atoms with Gasteiger partial charge >= 0.3 is 5.97 Å². The highest BCUT2D eigenvalue weighted by Crippen LogP contribution is 2.42. The highest BCUT2D eigenvalue weighted by molar-refractivity contribution is 7.89. The van der Waals surface area contributed by atoms with E-state index in [1.54, 1.807) is 17.9 Å². The number of aliphatic carboxylic acids is 1. The van der Waals surface area contributed by atoms with Gasteiger partial charge in [0.1, 0.15) is 4.90 Å². The maximum Gasteiger partial charge on any atom is 0.306 e. The quantitative estimate of drug-likeness (QED) is 0.876. The zero-order valence-electron chi connectivity index (χ0n) is 14.5. The predicted octanol–water partition coefficient (Wildman–Crippen LogP) is 1.81. The number of sulfonamides is 1. The molecule has 2 saturated carbocycles. The molecule has 3 unspecified atom stereocenters. The van der Waals surface area contributed by atoms with Crippen molar-refractivity contribution in [2.45, 2.75) is 49.3 Å². The number of carbonyl (C=O) groups is 1. The van der Waals surface area contributed by atoms with Crippen LogP contribution in [0.2, 0.25) is 0 Å². The van der Waals surface area contributed by atoms with Crippen molar-refractivity contribution in [2.24, 2.45) is 24.8 Å². The molecule has 2 saturated heterocycles. The highest BCUT2D eigenvalue weighted by Gasteiger charge is 2.44. The summed E-state index contributed by atoms with van der Waals surface area (Å²) in [6.07, 6.45) is 7.03. The van der Waals surface area contributed by atoms with Crippen LogP contribution in [-0.4, -0.2) is 46.7 Å². The van der Waals surface area contributed by atoms with Gasteiger partial charge in [-0.25, -0.2) is 8.42 Å². The molecule has 5 rings (SSSR count). The van der Waals surface area contributed by atoms with Crippen molar-refractivity contribution in [3.05, 3.63) is 11.9 Å². The number of rotatable bonds is 4. The average molecular weight is 367 g/mol. The fraction of sp³-hybridized carbons (Fsp3) is 0.765. The van der Waals surface area contributed by atoms with Gasteiger partial charge in [0.15, 0.2) is 0 Å². The van der Waals surface area contributed by atoms with Crippen LogP contribution in [0.15, 0.2) is 11.1 Å². The predicted molar refractivity (Wildman–Crippen MR) is 90.5 cm³/mol. The monoisotopic (exact) mass is 367 g/mol. The molecule has 2 aliphatic heterocycles. The normalized spacial score (nSPS) is 30.8. The number of hydrogen-bond donors (Lipinski definition) is 1. The number of aryl methyl sites for hydroxylation is 1. The first-order valence-corrected chi connectivity index (χ1v) is 10.6. The summed E-state index contributed by atoms with van der Waals surface area (Å²) in [5.41, 5.74) is 0.695. The lowest BCUT2D eigenvalue weighted by molar-refractivity contribution is -0.145. The lowest BCUT2D eigenvalue weighted by Gasteiger charge is -2.28. The van der Waals surface area contributed by atoms with Crippen molar-refractivity contribution in [3.8, 4) is 0 Å². The van der Waals surface area contributed by atoms with Crippen molar-refractivity contribution in [1.82, 2.24) is 14.1 Å². The Morgan fingerprint density at radius 2 is 2.00 bits per heavy atom. The molecule has 3 heterocycles. The Kier molecular flexibility index (Phi) is 4.15. The third kappa shape index (κ3) is 2.89. The number of nitrogens with zero attached hydrogens (tertiary/aromatic N) is 3. The molecule has 4 fully saturated rings. The van der Waals surface area contributed by atoms with Crippen molar-refractivity contribution < 1.29 is 18.3 Å². The molecule has 8 heteroatoms. The van der Waals surface area contributed by atoms with Crippen LogP contribution < -0.4 is 0 Å². The van der Waals surface area contributed by atoms with Crippen LogP contribution in [0.4, 0.5) is 0 Å². The zero-order valence-corrected chi connectivity index (χ0v) is 15.3. The zero-order chi connectivity index (χ0) is 17.8. The molecule has 138 valence electrons. The Balaban J connectivity index is 1.66. The fourth-order valence-corrected chi connectivity index (χ4v) is 6.44. The van der Waals surface area contributed by atoms with E-state index >= 15 is 0 Å². The van der Waals surface area contributed by atoms with E-state index in [0.717, 1.165) is 32.1 Å². The van der Waals surface area contributed by atoms with Gasteiger partial charge in [-0.2, -0.15) is 9.40 Å². The molecule has 1 aromatic rings. The molecule has 2 aliphatic carbocycles. The Morgan fingerprint density at radius 3 is 2.64 bits per heavy atom. The standard InChI is InChI=1S/C17H25N3O4S/c1-19-10-15(16(18-19)12-3-2-4-12)25(23,24)20-8-11-5-6-13(9-20)14(7-11)17(21)22/h10-14H,2-9H2,1H3,(H,21,22). The van der Waals surface area contributed by atoms with Crippen molar-refractivity contribution in [1.29, 1.82) is 0 Å². The molecule has 0 spiro atoms. The van der Waals surface area contributed by atoms with Crippen molar-refractivity contribution >= 4 is 16.0 Å². The van der Waals surface area contributed by atoms with Crippen LogP contribution >= 0.6 is 0 Å². The summed E-state index contributed by atoms with van der Waals surface area (Å²) in [7, 11) is -1.88. The molecule has 4 aliphatic rings. The minimum atomic E-state index is -3.63. The van der Waals surface area contributed by atoms with E-state index in [0.29, 0.717) is 30.1 Å². The van der Waals surface area contributed by atoms with E-state index in [1.807, 2.05) is 0 Å². The second kappa shape index (κ2) is 6.09. The molecule has 0 radical (unpaired) electrons. The smallest absolute Gasteiger partial charge is 0.306 e. The molecular formula is C17H25N3O4S. The summed E-state index contributed by atoms with van der Waals surface area (Å²) in [6, 6.07) is 0. The molecule has 2 bridgehead atoms. The Labute approximate surface area is 148 Å². The van der Waals surface area contributed by atoms with E-state index in [2.05, 4.69) is 5.10 Å². The number of carboxylic acids is 1. The molecule has 0 aromatic carbocycles. The molecule has 1 N–H and O–H groups in total. The highest BCUT2D eigenvalue weighted by atomic mass is 32.2. The molecule has 1 aromatic heterocycles. The Bertz CT molecular complexity index is 784. The van der Waals surface area contributed by atoms with Gasteiger partial charge in [-0.1, -0.05) is 6.42 Å². The molecule has 7 nitrogen and oxygen atoms in total. The summed E-state index contributed by atoms with van der Waals surface area (Å²) in [4.78, 5) is 11.9.